The Morgan fingerprint density at radius 3 is 2.55 bits per heavy atom. The first-order valence-corrected chi connectivity index (χ1v) is 12.8. The standard InChI is InChI=1S/C31H21N3O6/c35-28(19-8-5-9-20(17-19)34(38)39)27-26(29(36)24-13-6-16-40-24)31(21-10-2-3-11-22(21)32-30(31)37)25-15-14-18-7-1-4-12-23(18)33(25)27/h1-17,25-27H,(H,32,37)/t25-,26+,27-,31+/m0/s1. The summed E-state index contributed by atoms with van der Waals surface area (Å²) in [5.74, 6) is -2.59. The fourth-order valence-electron chi connectivity index (χ4n) is 6.64. The summed E-state index contributed by atoms with van der Waals surface area (Å²) in [4.78, 5) is 56.0. The molecule has 1 spiro atoms. The summed E-state index contributed by atoms with van der Waals surface area (Å²) in [7, 11) is 0. The number of fused-ring (bicyclic) bond motifs is 6. The molecule has 196 valence electrons. The van der Waals surface area contributed by atoms with E-state index in [2.05, 4.69) is 5.32 Å². The summed E-state index contributed by atoms with van der Waals surface area (Å²) in [5, 5.41) is 14.5. The first kappa shape index (κ1) is 23.8. The van der Waals surface area contributed by atoms with Gasteiger partial charge in [0.15, 0.2) is 11.5 Å². The number of anilines is 2. The minimum Gasteiger partial charge on any atom is -0.461 e. The molecule has 4 atom stereocenters. The Balaban J connectivity index is 1.53. The average Bonchev–Trinajstić information content (AvgIpc) is 3.69. The molecular formula is C31H21N3O6. The number of non-ortho nitro benzene ring substituents is 1. The third kappa shape index (κ3) is 3.11. The molecule has 0 aliphatic carbocycles. The second kappa shape index (κ2) is 8.60. The lowest BCUT2D eigenvalue weighted by molar-refractivity contribution is -0.384. The highest BCUT2D eigenvalue weighted by Crippen LogP contribution is 2.58. The van der Waals surface area contributed by atoms with Gasteiger partial charge < -0.3 is 14.6 Å². The Morgan fingerprint density at radius 2 is 1.75 bits per heavy atom. The van der Waals surface area contributed by atoms with Gasteiger partial charge in [-0.15, -0.1) is 0 Å². The second-order valence-electron chi connectivity index (χ2n) is 10.1. The summed E-state index contributed by atoms with van der Waals surface area (Å²) in [6.07, 6.45) is 5.14. The Bertz CT molecular complexity index is 1760. The van der Waals surface area contributed by atoms with Crippen LogP contribution in [0.3, 0.4) is 0 Å². The fraction of sp³-hybridized carbons (Fsp3) is 0.129. The van der Waals surface area contributed by atoms with Crippen LogP contribution in [0.25, 0.3) is 6.08 Å². The van der Waals surface area contributed by atoms with Crippen LogP contribution in [0.15, 0.2) is 102 Å². The SMILES string of the molecule is O=C(c1cccc([N+](=O)[O-])c1)[C@@H]1[C@H](C(=O)c2ccco2)[C@]2(C(=O)Nc3ccccc32)[C@@H]2C=Cc3ccccc3N12. The molecule has 9 nitrogen and oxygen atoms in total. The van der Waals surface area contributed by atoms with E-state index < -0.39 is 45.8 Å². The number of carbonyl (C=O) groups is 3. The summed E-state index contributed by atoms with van der Waals surface area (Å²) in [5.41, 5.74) is 1.04. The van der Waals surface area contributed by atoms with Crippen molar-refractivity contribution in [2.24, 2.45) is 5.92 Å². The monoisotopic (exact) mass is 531 g/mol. The zero-order valence-electron chi connectivity index (χ0n) is 20.9. The van der Waals surface area contributed by atoms with E-state index in [4.69, 9.17) is 4.42 Å². The van der Waals surface area contributed by atoms with Crippen molar-refractivity contribution in [3.63, 3.8) is 0 Å². The maximum atomic E-state index is 14.5. The van der Waals surface area contributed by atoms with Gasteiger partial charge in [0.25, 0.3) is 5.69 Å². The van der Waals surface area contributed by atoms with Gasteiger partial charge in [0.05, 0.1) is 23.1 Å². The van der Waals surface area contributed by atoms with Crippen molar-refractivity contribution in [3.05, 3.63) is 130 Å². The molecule has 1 N–H and O–H groups in total. The van der Waals surface area contributed by atoms with Crippen LogP contribution in [0.2, 0.25) is 0 Å². The molecular weight excluding hydrogens is 510 g/mol. The summed E-state index contributed by atoms with van der Waals surface area (Å²) < 4.78 is 5.52. The molecule has 1 aromatic heterocycles. The number of furan rings is 1. The van der Waals surface area contributed by atoms with Crippen molar-refractivity contribution < 1.29 is 23.7 Å². The first-order chi connectivity index (χ1) is 19.4. The number of hydrogen-bond acceptors (Lipinski definition) is 7. The lowest BCUT2D eigenvalue weighted by atomic mass is 9.64. The molecule has 0 saturated carbocycles. The van der Waals surface area contributed by atoms with Crippen molar-refractivity contribution in [3.8, 4) is 0 Å². The van der Waals surface area contributed by atoms with Gasteiger partial charge in [-0.3, -0.25) is 24.5 Å². The van der Waals surface area contributed by atoms with Crippen LogP contribution in [0.1, 0.15) is 32.0 Å². The molecule has 0 unspecified atom stereocenters. The van der Waals surface area contributed by atoms with Gasteiger partial charge in [0, 0.05) is 29.1 Å². The van der Waals surface area contributed by atoms with Crippen LogP contribution in [0, 0.1) is 16.0 Å². The van der Waals surface area contributed by atoms with E-state index in [9.17, 15) is 24.5 Å². The number of nitrogens with zero attached hydrogens (tertiary/aromatic N) is 2. The van der Waals surface area contributed by atoms with Crippen molar-refractivity contribution in [2.75, 3.05) is 10.2 Å². The predicted octanol–water partition coefficient (Wildman–Crippen LogP) is 5.04. The Hall–Kier alpha value is -5.31. The van der Waals surface area contributed by atoms with Gasteiger partial charge in [0.2, 0.25) is 11.7 Å². The van der Waals surface area contributed by atoms with E-state index in [0.717, 1.165) is 5.56 Å². The van der Waals surface area contributed by atoms with Crippen molar-refractivity contribution in [1.29, 1.82) is 0 Å². The molecule has 0 radical (unpaired) electrons. The highest BCUT2D eigenvalue weighted by molar-refractivity contribution is 6.18. The van der Waals surface area contributed by atoms with E-state index in [1.54, 1.807) is 24.3 Å². The number of nitrogens with one attached hydrogen (secondary N) is 1. The lowest BCUT2D eigenvalue weighted by Gasteiger charge is -2.37. The molecule has 7 rings (SSSR count). The largest absolute Gasteiger partial charge is 0.461 e. The lowest BCUT2D eigenvalue weighted by Crippen LogP contribution is -2.51. The Kier molecular flexibility index (Phi) is 5.11. The topological polar surface area (TPSA) is 123 Å². The first-order valence-electron chi connectivity index (χ1n) is 12.8. The van der Waals surface area contributed by atoms with E-state index in [1.165, 1.54) is 36.6 Å². The maximum Gasteiger partial charge on any atom is 0.270 e. The van der Waals surface area contributed by atoms with Crippen LogP contribution >= 0.6 is 0 Å². The number of nitro benzene ring substituents is 1. The number of hydrogen-bond donors (Lipinski definition) is 1. The number of amides is 1. The highest BCUT2D eigenvalue weighted by atomic mass is 16.6. The van der Waals surface area contributed by atoms with Crippen molar-refractivity contribution in [2.45, 2.75) is 17.5 Å². The fourth-order valence-corrected chi connectivity index (χ4v) is 6.64. The molecule has 40 heavy (non-hydrogen) atoms. The number of benzene rings is 3. The van der Waals surface area contributed by atoms with E-state index >= 15 is 0 Å². The van der Waals surface area contributed by atoms with Gasteiger partial charge in [-0.05, 0) is 35.4 Å². The van der Waals surface area contributed by atoms with Crippen LogP contribution in [0.5, 0.6) is 0 Å². The molecule has 9 heteroatoms. The van der Waals surface area contributed by atoms with E-state index in [0.29, 0.717) is 16.9 Å². The number of carbonyl (C=O) groups excluding carboxylic acids is 3. The average molecular weight is 532 g/mol. The number of ketones is 2. The van der Waals surface area contributed by atoms with Crippen LogP contribution in [-0.2, 0) is 10.2 Å². The molecule has 3 aromatic carbocycles. The summed E-state index contributed by atoms with van der Waals surface area (Å²) in [6, 6.07) is 21.3. The normalized spacial score (nSPS) is 23.9. The number of rotatable bonds is 5. The zero-order valence-corrected chi connectivity index (χ0v) is 20.9. The van der Waals surface area contributed by atoms with Crippen LogP contribution < -0.4 is 10.2 Å². The molecule has 3 aliphatic rings. The van der Waals surface area contributed by atoms with Crippen LogP contribution in [-0.4, -0.2) is 34.5 Å². The molecule has 0 bridgehead atoms. The molecule has 4 aromatic rings. The van der Waals surface area contributed by atoms with Gasteiger partial charge in [0.1, 0.15) is 11.5 Å². The smallest absolute Gasteiger partial charge is 0.270 e. The third-order valence-electron chi connectivity index (χ3n) is 8.20. The Labute approximate surface area is 227 Å². The van der Waals surface area contributed by atoms with Gasteiger partial charge in [-0.1, -0.05) is 60.7 Å². The summed E-state index contributed by atoms with van der Waals surface area (Å²) >= 11 is 0. The molecule has 1 saturated heterocycles. The predicted molar refractivity (Wildman–Crippen MR) is 146 cm³/mol. The van der Waals surface area contributed by atoms with E-state index in [-0.39, 0.29) is 17.0 Å². The van der Waals surface area contributed by atoms with Gasteiger partial charge in [-0.25, -0.2) is 0 Å². The Morgan fingerprint density at radius 1 is 0.950 bits per heavy atom. The molecule has 4 heterocycles. The van der Waals surface area contributed by atoms with Crippen molar-refractivity contribution in [1.82, 2.24) is 0 Å². The number of para-hydroxylation sites is 2. The maximum absolute atomic E-state index is 14.5. The molecule has 1 amide bonds. The number of Topliss-reactive ketones (excluding diaryl/α,β-unsaturated/α-hetero) is 2. The molecule has 3 aliphatic heterocycles. The minimum absolute atomic E-state index is 0.0236. The van der Waals surface area contributed by atoms with Crippen LogP contribution in [0.4, 0.5) is 17.1 Å². The number of nitro groups is 1. The molecule has 1 fully saturated rings. The highest BCUT2D eigenvalue weighted by Gasteiger charge is 2.70. The quantitative estimate of drug-likeness (QED) is 0.217. The summed E-state index contributed by atoms with van der Waals surface area (Å²) in [6.45, 7) is 0. The second-order valence-corrected chi connectivity index (χ2v) is 10.1. The van der Waals surface area contributed by atoms with E-state index in [1.807, 2.05) is 47.4 Å². The third-order valence-corrected chi connectivity index (χ3v) is 8.20. The van der Waals surface area contributed by atoms with Crippen molar-refractivity contribution >= 4 is 40.6 Å². The minimum atomic E-state index is -1.48. The van der Waals surface area contributed by atoms with Gasteiger partial charge >= 0.3 is 0 Å². The zero-order chi connectivity index (χ0) is 27.6. The van der Waals surface area contributed by atoms with Gasteiger partial charge in [-0.2, -0.15) is 0 Å².